The van der Waals surface area contributed by atoms with Crippen LogP contribution in [-0.4, -0.2) is 25.1 Å². The fourth-order valence-corrected chi connectivity index (χ4v) is 2.61. The molecule has 0 radical (unpaired) electrons. The minimum atomic E-state index is -0.231. The number of aromatic nitrogens is 1. The van der Waals surface area contributed by atoms with Crippen molar-refractivity contribution in [3.05, 3.63) is 53.2 Å². The van der Waals surface area contributed by atoms with Crippen LogP contribution in [-0.2, 0) is 0 Å². The predicted octanol–water partition coefficient (Wildman–Crippen LogP) is 4.09. The summed E-state index contributed by atoms with van der Waals surface area (Å²) in [6.07, 6.45) is 1.67. The molecule has 0 spiro atoms. The largest absolute Gasteiger partial charge is 0.497 e. The fourth-order valence-electron chi connectivity index (χ4n) is 2.36. The number of halogens is 1. The van der Waals surface area contributed by atoms with E-state index < -0.39 is 0 Å². The molecular formula is C17H15ClN2O3. The van der Waals surface area contributed by atoms with Crippen LogP contribution in [0.3, 0.4) is 0 Å². The van der Waals surface area contributed by atoms with Crippen molar-refractivity contribution in [2.45, 2.75) is 0 Å². The van der Waals surface area contributed by atoms with Crippen LogP contribution in [0.15, 0.2) is 42.6 Å². The Labute approximate surface area is 138 Å². The van der Waals surface area contributed by atoms with E-state index >= 15 is 0 Å². The summed E-state index contributed by atoms with van der Waals surface area (Å²) < 4.78 is 10.3. The standard InChI is InChI=1S/C17H15ClN2O3/c1-22-11-4-5-15-12(8-11)13(9-19-15)17(21)20-10-3-6-16(23-2)14(18)7-10/h3-9,19H,1-2H3,(H,20,21). The maximum atomic E-state index is 12.5. The molecule has 2 aromatic carbocycles. The monoisotopic (exact) mass is 330 g/mol. The number of hydrogen-bond acceptors (Lipinski definition) is 3. The van der Waals surface area contributed by atoms with Crippen molar-refractivity contribution in [2.24, 2.45) is 0 Å². The Morgan fingerprint density at radius 2 is 1.96 bits per heavy atom. The third-order valence-corrected chi connectivity index (χ3v) is 3.84. The van der Waals surface area contributed by atoms with E-state index in [2.05, 4.69) is 10.3 Å². The molecule has 0 saturated carbocycles. The van der Waals surface area contributed by atoms with E-state index in [0.717, 1.165) is 10.9 Å². The van der Waals surface area contributed by atoms with Gasteiger partial charge in [0.15, 0.2) is 0 Å². The van der Waals surface area contributed by atoms with Crippen molar-refractivity contribution in [2.75, 3.05) is 19.5 Å². The van der Waals surface area contributed by atoms with Gasteiger partial charge < -0.3 is 19.8 Å². The van der Waals surface area contributed by atoms with Crippen molar-refractivity contribution in [3.63, 3.8) is 0 Å². The van der Waals surface area contributed by atoms with Gasteiger partial charge >= 0.3 is 0 Å². The van der Waals surface area contributed by atoms with Gasteiger partial charge in [-0.25, -0.2) is 0 Å². The van der Waals surface area contributed by atoms with E-state index in [1.807, 2.05) is 18.2 Å². The summed E-state index contributed by atoms with van der Waals surface area (Å²) in [5, 5.41) is 4.06. The van der Waals surface area contributed by atoms with Crippen molar-refractivity contribution in [1.82, 2.24) is 4.98 Å². The molecular weight excluding hydrogens is 316 g/mol. The van der Waals surface area contributed by atoms with Gasteiger partial charge in [-0.05, 0) is 36.4 Å². The molecule has 0 atom stereocenters. The van der Waals surface area contributed by atoms with E-state index in [1.165, 1.54) is 0 Å². The molecule has 0 aliphatic heterocycles. The number of fused-ring (bicyclic) bond motifs is 1. The van der Waals surface area contributed by atoms with Crippen molar-refractivity contribution >= 4 is 34.1 Å². The van der Waals surface area contributed by atoms with Crippen LogP contribution in [0, 0.1) is 0 Å². The summed E-state index contributed by atoms with van der Waals surface area (Å²) in [6, 6.07) is 10.6. The number of methoxy groups -OCH3 is 2. The van der Waals surface area contributed by atoms with Crippen molar-refractivity contribution in [3.8, 4) is 11.5 Å². The Balaban J connectivity index is 1.90. The number of aromatic amines is 1. The second-order valence-electron chi connectivity index (χ2n) is 4.92. The van der Waals surface area contributed by atoms with Crippen LogP contribution in [0.25, 0.3) is 10.9 Å². The van der Waals surface area contributed by atoms with E-state index in [0.29, 0.717) is 27.8 Å². The molecule has 118 valence electrons. The van der Waals surface area contributed by atoms with Gasteiger partial charge in [-0.1, -0.05) is 11.6 Å². The van der Waals surface area contributed by atoms with Gasteiger partial charge in [-0.15, -0.1) is 0 Å². The highest BCUT2D eigenvalue weighted by Crippen LogP contribution is 2.28. The normalized spacial score (nSPS) is 10.6. The summed E-state index contributed by atoms with van der Waals surface area (Å²) in [7, 11) is 3.13. The first-order valence-corrected chi connectivity index (χ1v) is 7.30. The summed E-state index contributed by atoms with van der Waals surface area (Å²) in [5.41, 5.74) is 1.99. The maximum Gasteiger partial charge on any atom is 0.257 e. The van der Waals surface area contributed by atoms with E-state index in [4.69, 9.17) is 21.1 Å². The smallest absolute Gasteiger partial charge is 0.257 e. The first-order valence-electron chi connectivity index (χ1n) is 6.92. The number of anilines is 1. The molecule has 0 aliphatic carbocycles. The highest BCUT2D eigenvalue weighted by Gasteiger charge is 2.13. The van der Waals surface area contributed by atoms with Crippen molar-refractivity contribution < 1.29 is 14.3 Å². The summed E-state index contributed by atoms with van der Waals surface area (Å²) in [6.45, 7) is 0. The van der Waals surface area contributed by atoms with E-state index in [-0.39, 0.29) is 5.91 Å². The van der Waals surface area contributed by atoms with Crippen LogP contribution in [0.4, 0.5) is 5.69 Å². The van der Waals surface area contributed by atoms with Crippen LogP contribution in [0.2, 0.25) is 5.02 Å². The lowest BCUT2D eigenvalue weighted by atomic mass is 10.1. The minimum absolute atomic E-state index is 0.231. The predicted molar refractivity (Wildman–Crippen MR) is 90.8 cm³/mol. The van der Waals surface area contributed by atoms with E-state index in [9.17, 15) is 4.79 Å². The molecule has 0 fully saturated rings. The molecule has 0 aliphatic rings. The molecule has 3 aromatic rings. The number of carbonyl (C=O) groups excluding carboxylic acids is 1. The third-order valence-electron chi connectivity index (χ3n) is 3.54. The van der Waals surface area contributed by atoms with Gasteiger partial charge in [-0.3, -0.25) is 4.79 Å². The quantitative estimate of drug-likeness (QED) is 0.757. The molecule has 6 heteroatoms. The molecule has 5 nitrogen and oxygen atoms in total. The van der Waals surface area contributed by atoms with Crippen LogP contribution in [0.5, 0.6) is 11.5 Å². The molecule has 2 N–H and O–H groups in total. The Morgan fingerprint density at radius 1 is 1.13 bits per heavy atom. The molecule has 1 heterocycles. The number of H-pyrrole nitrogens is 1. The van der Waals surface area contributed by atoms with Crippen LogP contribution < -0.4 is 14.8 Å². The number of carbonyl (C=O) groups is 1. The zero-order valence-electron chi connectivity index (χ0n) is 12.6. The minimum Gasteiger partial charge on any atom is -0.497 e. The summed E-state index contributed by atoms with van der Waals surface area (Å²) in [4.78, 5) is 15.6. The molecule has 0 bridgehead atoms. The lowest BCUT2D eigenvalue weighted by molar-refractivity contribution is 0.102. The Bertz CT molecular complexity index is 873. The average Bonchev–Trinajstić information content (AvgIpc) is 2.98. The SMILES string of the molecule is COc1ccc2[nH]cc(C(=O)Nc3ccc(OC)c(Cl)c3)c2c1. The number of rotatable bonds is 4. The Kier molecular flexibility index (Phi) is 4.12. The molecule has 23 heavy (non-hydrogen) atoms. The molecule has 1 aromatic heterocycles. The first-order chi connectivity index (χ1) is 11.1. The third kappa shape index (κ3) is 2.96. The average molecular weight is 331 g/mol. The number of amides is 1. The zero-order valence-corrected chi connectivity index (χ0v) is 13.4. The Hall–Kier alpha value is -2.66. The van der Waals surface area contributed by atoms with Gasteiger partial charge in [0.1, 0.15) is 11.5 Å². The molecule has 0 unspecified atom stereocenters. The lowest BCUT2D eigenvalue weighted by Gasteiger charge is -2.08. The molecule has 1 amide bonds. The number of nitrogens with one attached hydrogen (secondary N) is 2. The van der Waals surface area contributed by atoms with Gasteiger partial charge in [0.25, 0.3) is 5.91 Å². The van der Waals surface area contributed by atoms with E-state index in [1.54, 1.807) is 38.6 Å². The topological polar surface area (TPSA) is 63.4 Å². The van der Waals surface area contributed by atoms with Gasteiger partial charge in [0.2, 0.25) is 0 Å². The van der Waals surface area contributed by atoms with Crippen molar-refractivity contribution in [1.29, 1.82) is 0 Å². The summed E-state index contributed by atoms with van der Waals surface area (Å²) in [5.74, 6) is 1.02. The fraction of sp³-hybridized carbons (Fsp3) is 0.118. The lowest BCUT2D eigenvalue weighted by Crippen LogP contribution is -2.11. The maximum absolute atomic E-state index is 12.5. The second kappa shape index (κ2) is 6.22. The number of hydrogen-bond donors (Lipinski definition) is 2. The zero-order chi connectivity index (χ0) is 16.4. The van der Waals surface area contributed by atoms with Crippen LogP contribution >= 0.6 is 11.6 Å². The number of ether oxygens (including phenoxy) is 2. The van der Waals surface area contributed by atoms with Gasteiger partial charge in [-0.2, -0.15) is 0 Å². The highest BCUT2D eigenvalue weighted by molar-refractivity contribution is 6.32. The first kappa shape index (κ1) is 15.2. The van der Waals surface area contributed by atoms with Crippen LogP contribution in [0.1, 0.15) is 10.4 Å². The van der Waals surface area contributed by atoms with Gasteiger partial charge in [0, 0.05) is 22.8 Å². The molecule has 0 saturated heterocycles. The Morgan fingerprint density at radius 3 is 2.65 bits per heavy atom. The highest BCUT2D eigenvalue weighted by atomic mass is 35.5. The van der Waals surface area contributed by atoms with Gasteiger partial charge in [0.05, 0.1) is 24.8 Å². The number of benzene rings is 2. The second-order valence-corrected chi connectivity index (χ2v) is 5.32. The summed E-state index contributed by atoms with van der Waals surface area (Å²) >= 11 is 6.07. The molecule has 3 rings (SSSR count).